The van der Waals surface area contributed by atoms with Gasteiger partial charge < -0.3 is 9.84 Å². The average molecular weight is 307 g/mol. The van der Waals surface area contributed by atoms with Crippen molar-refractivity contribution in [2.24, 2.45) is 5.92 Å². The first-order chi connectivity index (χ1) is 9.23. The Kier molecular flexibility index (Phi) is 5.52. The Balaban J connectivity index is 2.90. The van der Waals surface area contributed by atoms with Crippen molar-refractivity contribution in [2.45, 2.75) is 45.1 Å². The Labute approximate surface area is 118 Å². The largest absolute Gasteiger partial charge is 0.480 e. The highest BCUT2D eigenvalue weighted by Gasteiger charge is 2.48. The number of esters is 1. The molecule has 1 fully saturated rings. The lowest BCUT2D eigenvalue weighted by molar-refractivity contribution is -0.148. The Bertz CT molecular complexity index is 474. The van der Waals surface area contributed by atoms with Crippen LogP contribution >= 0.6 is 0 Å². The predicted octanol–water partition coefficient (Wildman–Crippen LogP) is 0.502. The second kappa shape index (κ2) is 6.53. The topological polar surface area (TPSA) is 110 Å². The van der Waals surface area contributed by atoms with Gasteiger partial charge >= 0.3 is 11.9 Å². The van der Waals surface area contributed by atoms with Gasteiger partial charge in [0.1, 0.15) is 5.54 Å². The van der Waals surface area contributed by atoms with Gasteiger partial charge in [-0.3, -0.25) is 9.59 Å². The Morgan fingerprint density at radius 2 is 2.05 bits per heavy atom. The minimum absolute atomic E-state index is 0.0782. The van der Waals surface area contributed by atoms with Crippen LogP contribution in [0.3, 0.4) is 0 Å². The zero-order valence-electron chi connectivity index (χ0n) is 11.7. The Morgan fingerprint density at radius 1 is 1.40 bits per heavy atom. The Morgan fingerprint density at radius 3 is 2.55 bits per heavy atom. The highest BCUT2D eigenvalue weighted by Crippen LogP contribution is 2.34. The smallest absolute Gasteiger partial charge is 0.325 e. The molecule has 0 saturated heterocycles. The highest BCUT2D eigenvalue weighted by atomic mass is 32.2. The van der Waals surface area contributed by atoms with Gasteiger partial charge in [0.25, 0.3) is 0 Å². The third-order valence-electron chi connectivity index (χ3n) is 3.63. The summed E-state index contributed by atoms with van der Waals surface area (Å²) in [7, 11) is -4.04. The van der Waals surface area contributed by atoms with Crippen LogP contribution in [0.5, 0.6) is 0 Å². The summed E-state index contributed by atoms with van der Waals surface area (Å²) < 4.78 is 30.7. The molecule has 1 aliphatic carbocycles. The lowest BCUT2D eigenvalue weighted by Crippen LogP contribution is -2.60. The third kappa shape index (κ3) is 3.92. The number of carboxylic acid groups (broad SMARTS) is 1. The second-order valence-corrected chi connectivity index (χ2v) is 6.81. The van der Waals surface area contributed by atoms with E-state index in [2.05, 4.69) is 9.46 Å². The number of rotatable bonds is 6. The van der Waals surface area contributed by atoms with Crippen LogP contribution < -0.4 is 4.72 Å². The van der Waals surface area contributed by atoms with E-state index in [0.717, 1.165) is 6.42 Å². The molecular formula is C12H21NO6S. The summed E-state index contributed by atoms with van der Waals surface area (Å²) in [6.07, 6.45) is 2.37. The fraction of sp³-hybridized carbons (Fsp3) is 0.833. The average Bonchev–Trinajstić information content (AvgIpc) is 2.31. The molecule has 20 heavy (non-hydrogen) atoms. The summed E-state index contributed by atoms with van der Waals surface area (Å²) in [5, 5.41) is 9.42. The first-order valence-electron chi connectivity index (χ1n) is 6.64. The van der Waals surface area contributed by atoms with Crippen molar-refractivity contribution in [3.8, 4) is 0 Å². The molecule has 1 saturated carbocycles. The molecule has 0 heterocycles. The molecule has 8 heteroatoms. The molecule has 0 aromatic rings. The van der Waals surface area contributed by atoms with Gasteiger partial charge in [0.15, 0.2) is 5.75 Å². The van der Waals surface area contributed by atoms with Gasteiger partial charge in [0, 0.05) is 0 Å². The summed E-state index contributed by atoms with van der Waals surface area (Å²) in [4.78, 5) is 22.8. The maximum absolute atomic E-state index is 12.0. The van der Waals surface area contributed by atoms with Crippen LogP contribution in [-0.2, 0) is 24.3 Å². The predicted molar refractivity (Wildman–Crippen MR) is 71.6 cm³/mol. The quantitative estimate of drug-likeness (QED) is 0.692. The van der Waals surface area contributed by atoms with Gasteiger partial charge in [-0.25, -0.2) is 8.42 Å². The first-order valence-corrected chi connectivity index (χ1v) is 8.29. The molecule has 0 aromatic heterocycles. The number of hydrogen-bond donors (Lipinski definition) is 2. The number of carbonyl (C=O) groups is 2. The van der Waals surface area contributed by atoms with E-state index < -0.39 is 33.3 Å². The highest BCUT2D eigenvalue weighted by molar-refractivity contribution is 7.90. The molecule has 2 atom stereocenters. The number of ether oxygens (including phenoxy) is 1. The molecule has 0 aliphatic heterocycles. The van der Waals surface area contributed by atoms with Crippen molar-refractivity contribution < 1.29 is 27.9 Å². The fourth-order valence-electron chi connectivity index (χ4n) is 2.53. The molecule has 116 valence electrons. The van der Waals surface area contributed by atoms with Crippen LogP contribution in [0.1, 0.15) is 39.5 Å². The minimum atomic E-state index is -4.04. The molecule has 7 nitrogen and oxygen atoms in total. The zero-order chi connectivity index (χ0) is 15.4. The van der Waals surface area contributed by atoms with Crippen LogP contribution in [0, 0.1) is 5.92 Å². The van der Waals surface area contributed by atoms with Crippen LogP contribution in [0.2, 0.25) is 0 Å². The van der Waals surface area contributed by atoms with Crippen molar-refractivity contribution in [1.29, 1.82) is 0 Å². The normalized spacial score (nSPS) is 27.0. The molecule has 0 radical (unpaired) electrons. The molecule has 2 unspecified atom stereocenters. The molecule has 0 bridgehead atoms. The summed E-state index contributed by atoms with van der Waals surface area (Å²) in [6, 6.07) is 0. The lowest BCUT2D eigenvalue weighted by atomic mass is 9.74. The third-order valence-corrected chi connectivity index (χ3v) is 4.92. The van der Waals surface area contributed by atoms with E-state index in [4.69, 9.17) is 0 Å². The summed E-state index contributed by atoms with van der Waals surface area (Å²) >= 11 is 0. The lowest BCUT2D eigenvalue weighted by Gasteiger charge is -2.39. The summed E-state index contributed by atoms with van der Waals surface area (Å²) in [5.74, 6) is -3.27. The summed E-state index contributed by atoms with van der Waals surface area (Å²) in [6.45, 7) is 3.36. The standard InChI is InChI=1S/C12H21NO6S/c1-3-19-10(14)8-20(17,18)13-12(11(15)16)7-5-4-6-9(12)2/h9,13H,3-8H2,1-2H3,(H,15,16). The van der Waals surface area contributed by atoms with E-state index in [1.54, 1.807) is 13.8 Å². The van der Waals surface area contributed by atoms with Crippen molar-refractivity contribution in [3.05, 3.63) is 0 Å². The number of carboxylic acids is 1. The molecule has 2 N–H and O–H groups in total. The van der Waals surface area contributed by atoms with Crippen LogP contribution in [0.15, 0.2) is 0 Å². The second-order valence-electron chi connectivity index (χ2n) is 5.09. The maximum atomic E-state index is 12.0. The van der Waals surface area contributed by atoms with E-state index in [0.29, 0.717) is 12.8 Å². The van der Waals surface area contributed by atoms with E-state index >= 15 is 0 Å². The SMILES string of the molecule is CCOC(=O)CS(=O)(=O)NC1(C(=O)O)CCCCC1C. The van der Waals surface area contributed by atoms with Crippen LogP contribution in [-0.4, -0.2) is 43.4 Å². The van der Waals surface area contributed by atoms with Crippen molar-refractivity contribution >= 4 is 22.0 Å². The minimum Gasteiger partial charge on any atom is -0.480 e. The molecular weight excluding hydrogens is 286 g/mol. The van der Waals surface area contributed by atoms with E-state index in [1.165, 1.54) is 0 Å². The van der Waals surface area contributed by atoms with Gasteiger partial charge in [-0.05, 0) is 25.7 Å². The number of carbonyl (C=O) groups excluding carboxylic acids is 1. The first kappa shape index (κ1) is 16.9. The van der Waals surface area contributed by atoms with E-state index in [1.807, 2.05) is 0 Å². The zero-order valence-corrected chi connectivity index (χ0v) is 12.5. The number of hydrogen-bond acceptors (Lipinski definition) is 5. The van der Waals surface area contributed by atoms with Crippen LogP contribution in [0.4, 0.5) is 0 Å². The Hall–Kier alpha value is -1.15. The number of sulfonamides is 1. The van der Waals surface area contributed by atoms with Crippen molar-refractivity contribution in [3.63, 3.8) is 0 Å². The van der Waals surface area contributed by atoms with E-state index in [9.17, 15) is 23.1 Å². The van der Waals surface area contributed by atoms with Crippen molar-refractivity contribution in [2.75, 3.05) is 12.4 Å². The number of aliphatic carboxylic acids is 1. The monoisotopic (exact) mass is 307 g/mol. The molecule has 1 aliphatic rings. The number of nitrogens with one attached hydrogen (secondary N) is 1. The molecule has 0 aromatic carbocycles. The van der Waals surface area contributed by atoms with Gasteiger partial charge in [-0.15, -0.1) is 0 Å². The van der Waals surface area contributed by atoms with Crippen molar-refractivity contribution in [1.82, 2.24) is 4.72 Å². The molecule has 0 amide bonds. The van der Waals surface area contributed by atoms with Gasteiger partial charge in [0.2, 0.25) is 10.0 Å². The molecule has 1 rings (SSSR count). The van der Waals surface area contributed by atoms with Gasteiger partial charge in [-0.1, -0.05) is 19.8 Å². The fourth-order valence-corrected chi connectivity index (χ4v) is 3.94. The molecule has 0 spiro atoms. The van der Waals surface area contributed by atoms with Crippen LogP contribution in [0.25, 0.3) is 0 Å². The van der Waals surface area contributed by atoms with Gasteiger partial charge in [0.05, 0.1) is 6.61 Å². The maximum Gasteiger partial charge on any atom is 0.325 e. The van der Waals surface area contributed by atoms with E-state index in [-0.39, 0.29) is 18.9 Å². The summed E-state index contributed by atoms with van der Waals surface area (Å²) in [5.41, 5.74) is -1.52. The van der Waals surface area contributed by atoms with Gasteiger partial charge in [-0.2, -0.15) is 4.72 Å².